The van der Waals surface area contributed by atoms with E-state index in [2.05, 4.69) is 34.3 Å². The highest BCUT2D eigenvalue weighted by molar-refractivity contribution is 14.0. The Morgan fingerprint density at radius 2 is 2.12 bits per heavy atom. The summed E-state index contributed by atoms with van der Waals surface area (Å²) in [5.41, 5.74) is 1.27. The van der Waals surface area contributed by atoms with E-state index in [0.29, 0.717) is 18.9 Å². The Labute approximate surface area is 161 Å². The number of carbonyl (C=O) groups excluding carboxylic acids is 1. The number of amides is 1. The maximum Gasteiger partial charge on any atom is 0.223 e. The summed E-state index contributed by atoms with van der Waals surface area (Å²) in [5, 5.41) is 6.41. The second-order valence-corrected chi connectivity index (χ2v) is 5.77. The van der Waals surface area contributed by atoms with Gasteiger partial charge in [0.25, 0.3) is 0 Å². The molecule has 1 aliphatic rings. The van der Waals surface area contributed by atoms with Gasteiger partial charge in [-0.1, -0.05) is 36.4 Å². The summed E-state index contributed by atoms with van der Waals surface area (Å²) in [5.74, 6) is 1.34. The normalized spacial score (nSPS) is 17.4. The summed E-state index contributed by atoms with van der Waals surface area (Å²) >= 11 is 0. The molecule has 2 rings (SSSR count). The van der Waals surface area contributed by atoms with Gasteiger partial charge in [0.2, 0.25) is 5.91 Å². The third-order valence-electron chi connectivity index (χ3n) is 4.00. The summed E-state index contributed by atoms with van der Waals surface area (Å²) in [6, 6.07) is 10.3. The number of carbonyl (C=O) groups is 1. The number of hydrogen-bond acceptors (Lipinski definition) is 2. The van der Waals surface area contributed by atoms with Gasteiger partial charge in [-0.15, -0.1) is 30.6 Å². The molecule has 24 heavy (non-hydrogen) atoms. The van der Waals surface area contributed by atoms with Crippen molar-refractivity contribution >= 4 is 35.8 Å². The first-order chi connectivity index (χ1) is 11.2. The Hall–Kier alpha value is -1.57. The molecule has 6 heteroatoms. The molecule has 1 fully saturated rings. The van der Waals surface area contributed by atoms with E-state index in [9.17, 15) is 4.79 Å². The Kier molecular flexibility index (Phi) is 9.44. The number of aliphatic imine (C=N–C) groups is 1. The second kappa shape index (κ2) is 11.1. The monoisotopic (exact) mass is 442 g/mol. The van der Waals surface area contributed by atoms with E-state index in [-0.39, 0.29) is 29.9 Å². The van der Waals surface area contributed by atoms with Gasteiger partial charge >= 0.3 is 0 Å². The van der Waals surface area contributed by atoms with Gasteiger partial charge < -0.3 is 15.5 Å². The molecule has 0 spiro atoms. The largest absolute Gasteiger partial charge is 0.356 e. The van der Waals surface area contributed by atoms with Gasteiger partial charge in [0.1, 0.15) is 0 Å². The number of likely N-dealkylation sites (tertiary alicyclic amines) is 1. The second-order valence-electron chi connectivity index (χ2n) is 5.77. The number of nitrogens with one attached hydrogen (secondary N) is 2. The number of rotatable bonds is 7. The van der Waals surface area contributed by atoms with Gasteiger partial charge in [-0.3, -0.25) is 9.79 Å². The van der Waals surface area contributed by atoms with Crippen LogP contribution in [0.1, 0.15) is 12.0 Å². The minimum Gasteiger partial charge on any atom is -0.356 e. The van der Waals surface area contributed by atoms with Gasteiger partial charge in [0.05, 0.1) is 0 Å². The van der Waals surface area contributed by atoms with Crippen molar-refractivity contribution in [3.63, 3.8) is 0 Å². The molecule has 1 aromatic rings. The van der Waals surface area contributed by atoms with Crippen LogP contribution in [0.2, 0.25) is 0 Å². The van der Waals surface area contributed by atoms with Crippen molar-refractivity contribution in [1.82, 2.24) is 15.5 Å². The lowest BCUT2D eigenvalue weighted by molar-refractivity contribution is -0.127. The van der Waals surface area contributed by atoms with Crippen LogP contribution in [0.5, 0.6) is 0 Å². The molecule has 1 atom stereocenters. The maximum absolute atomic E-state index is 12.1. The lowest BCUT2D eigenvalue weighted by Crippen LogP contribution is -2.40. The van der Waals surface area contributed by atoms with Crippen molar-refractivity contribution in [3.8, 4) is 0 Å². The minimum absolute atomic E-state index is 0. The SMILES string of the molecule is C=CCNC(=NC)NCC1CC(=O)N(CCc2ccccc2)C1.I. The molecule has 2 N–H and O–H groups in total. The van der Waals surface area contributed by atoms with Gasteiger partial charge in [0, 0.05) is 45.6 Å². The van der Waals surface area contributed by atoms with E-state index in [0.717, 1.165) is 32.0 Å². The zero-order chi connectivity index (χ0) is 16.5. The van der Waals surface area contributed by atoms with E-state index in [4.69, 9.17) is 0 Å². The number of guanidine groups is 1. The molecule has 1 amide bonds. The first-order valence-corrected chi connectivity index (χ1v) is 8.10. The lowest BCUT2D eigenvalue weighted by atomic mass is 10.1. The molecule has 1 saturated heterocycles. The molecule has 1 unspecified atom stereocenters. The Bertz CT molecular complexity index is 547. The molecule has 0 saturated carbocycles. The van der Waals surface area contributed by atoms with Crippen LogP contribution in [0.3, 0.4) is 0 Å². The van der Waals surface area contributed by atoms with E-state index < -0.39 is 0 Å². The van der Waals surface area contributed by atoms with E-state index >= 15 is 0 Å². The Balaban J connectivity index is 0.00000288. The predicted octanol–water partition coefficient (Wildman–Crippen LogP) is 2.05. The molecule has 0 aliphatic carbocycles. The van der Waals surface area contributed by atoms with Crippen molar-refractivity contribution in [2.45, 2.75) is 12.8 Å². The molecular weight excluding hydrogens is 415 g/mol. The van der Waals surface area contributed by atoms with Gasteiger partial charge in [-0.05, 0) is 12.0 Å². The average Bonchev–Trinajstić information content (AvgIpc) is 2.94. The lowest BCUT2D eigenvalue weighted by Gasteiger charge is -2.17. The van der Waals surface area contributed by atoms with Crippen molar-refractivity contribution in [2.75, 3.05) is 33.2 Å². The summed E-state index contributed by atoms with van der Waals surface area (Å²) in [4.78, 5) is 18.3. The third-order valence-corrected chi connectivity index (χ3v) is 4.00. The zero-order valence-electron chi connectivity index (χ0n) is 14.2. The first kappa shape index (κ1) is 20.5. The molecule has 0 bridgehead atoms. The van der Waals surface area contributed by atoms with Gasteiger partial charge in [0.15, 0.2) is 5.96 Å². The van der Waals surface area contributed by atoms with Crippen LogP contribution in [0.25, 0.3) is 0 Å². The molecule has 1 aliphatic heterocycles. The highest BCUT2D eigenvalue weighted by atomic mass is 127. The van der Waals surface area contributed by atoms with Crippen LogP contribution in [-0.4, -0.2) is 50.0 Å². The Morgan fingerprint density at radius 3 is 2.79 bits per heavy atom. The van der Waals surface area contributed by atoms with E-state index in [1.165, 1.54) is 5.56 Å². The topological polar surface area (TPSA) is 56.7 Å². The number of halogens is 1. The van der Waals surface area contributed by atoms with Crippen LogP contribution < -0.4 is 10.6 Å². The highest BCUT2D eigenvalue weighted by Crippen LogP contribution is 2.17. The smallest absolute Gasteiger partial charge is 0.223 e. The predicted molar refractivity (Wildman–Crippen MR) is 110 cm³/mol. The van der Waals surface area contributed by atoms with Crippen molar-refractivity contribution in [3.05, 3.63) is 48.6 Å². The summed E-state index contributed by atoms with van der Waals surface area (Å²) < 4.78 is 0. The fourth-order valence-electron chi connectivity index (χ4n) is 2.75. The quantitative estimate of drug-likeness (QED) is 0.294. The summed E-state index contributed by atoms with van der Waals surface area (Å²) in [6.45, 7) is 6.71. The molecule has 0 aromatic heterocycles. The van der Waals surface area contributed by atoms with E-state index in [1.54, 1.807) is 13.1 Å². The fraction of sp³-hybridized carbons (Fsp3) is 0.444. The fourth-order valence-corrected chi connectivity index (χ4v) is 2.75. The average molecular weight is 442 g/mol. The van der Waals surface area contributed by atoms with Crippen LogP contribution in [-0.2, 0) is 11.2 Å². The third kappa shape index (κ3) is 6.51. The number of nitrogens with zero attached hydrogens (tertiary/aromatic N) is 2. The minimum atomic E-state index is 0. The summed E-state index contributed by atoms with van der Waals surface area (Å²) in [7, 11) is 1.74. The molecule has 1 aromatic carbocycles. The summed E-state index contributed by atoms with van der Waals surface area (Å²) in [6.07, 6.45) is 3.31. The zero-order valence-corrected chi connectivity index (χ0v) is 16.5. The molecule has 1 heterocycles. The van der Waals surface area contributed by atoms with Crippen molar-refractivity contribution < 1.29 is 4.79 Å². The molecule has 5 nitrogen and oxygen atoms in total. The standard InChI is InChI=1S/C18H26N4O.HI/c1-3-10-20-18(19-2)21-13-16-12-17(23)22(14-16)11-9-15-7-5-4-6-8-15;/h3-8,16H,1,9-14H2,2H3,(H2,19,20,21);1H. The van der Waals surface area contributed by atoms with Gasteiger partial charge in [-0.2, -0.15) is 0 Å². The molecular formula is C18H27IN4O. The van der Waals surface area contributed by atoms with Crippen LogP contribution in [0.15, 0.2) is 48.0 Å². The molecule has 132 valence electrons. The van der Waals surface area contributed by atoms with Crippen molar-refractivity contribution in [1.29, 1.82) is 0 Å². The van der Waals surface area contributed by atoms with E-state index in [1.807, 2.05) is 23.1 Å². The van der Waals surface area contributed by atoms with Gasteiger partial charge in [-0.25, -0.2) is 0 Å². The Morgan fingerprint density at radius 1 is 1.38 bits per heavy atom. The number of hydrogen-bond donors (Lipinski definition) is 2. The highest BCUT2D eigenvalue weighted by Gasteiger charge is 2.29. The van der Waals surface area contributed by atoms with Crippen molar-refractivity contribution in [2.24, 2.45) is 10.9 Å². The number of benzene rings is 1. The van der Waals surface area contributed by atoms with Crippen LogP contribution in [0, 0.1) is 5.92 Å². The first-order valence-electron chi connectivity index (χ1n) is 8.10. The van der Waals surface area contributed by atoms with Crippen LogP contribution in [0.4, 0.5) is 0 Å². The maximum atomic E-state index is 12.1. The molecule has 0 radical (unpaired) electrons. The van der Waals surface area contributed by atoms with Crippen LogP contribution >= 0.6 is 24.0 Å².